The van der Waals surface area contributed by atoms with Gasteiger partial charge in [0.1, 0.15) is 11.6 Å². The van der Waals surface area contributed by atoms with Gasteiger partial charge in [-0.3, -0.25) is 10.1 Å². The first-order valence-corrected chi connectivity index (χ1v) is 6.72. The van der Waals surface area contributed by atoms with Gasteiger partial charge in [-0.15, -0.1) is 0 Å². The van der Waals surface area contributed by atoms with Crippen molar-refractivity contribution in [2.45, 2.75) is 11.2 Å². The molecule has 2 aromatic carbocycles. The van der Waals surface area contributed by atoms with Crippen molar-refractivity contribution >= 4 is 21.6 Å². The average molecular weight is 342 g/mol. The molecule has 0 saturated heterocycles. The molecule has 0 amide bonds. The zero-order chi connectivity index (χ0) is 14.7. The van der Waals surface area contributed by atoms with Gasteiger partial charge in [-0.25, -0.2) is 8.78 Å². The molecule has 6 heteroatoms. The van der Waals surface area contributed by atoms with Crippen LogP contribution in [0.1, 0.15) is 16.0 Å². The Kier molecular flexibility index (Phi) is 4.44. The number of nitro benzene ring substituents is 1. The second-order valence-electron chi connectivity index (χ2n) is 4.23. The highest BCUT2D eigenvalue weighted by molar-refractivity contribution is 9.09. The van der Waals surface area contributed by atoms with Gasteiger partial charge in [0, 0.05) is 22.5 Å². The van der Waals surface area contributed by atoms with Crippen molar-refractivity contribution in [3.05, 3.63) is 75.3 Å². The molecule has 0 heterocycles. The summed E-state index contributed by atoms with van der Waals surface area (Å²) < 4.78 is 27.2. The van der Waals surface area contributed by atoms with Crippen LogP contribution in [0.2, 0.25) is 0 Å². The van der Waals surface area contributed by atoms with Crippen LogP contribution < -0.4 is 0 Å². The largest absolute Gasteiger partial charge is 0.269 e. The number of non-ortho nitro benzene ring substituents is 1. The number of hydrogen-bond donors (Lipinski definition) is 0. The molecule has 104 valence electrons. The Morgan fingerprint density at radius 2 is 1.65 bits per heavy atom. The van der Waals surface area contributed by atoms with E-state index in [0.717, 1.165) is 5.56 Å². The Bertz CT molecular complexity index is 611. The molecule has 0 spiro atoms. The van der Waals surface area contributed by atoms with Gasteiger partial charge in [0.25, 0.3) is 5.69 Å². The standard InChI is InChI=1S/C14H10BrF2NO2/c15-11(14-12(16)2-1-3-13(14)17)8-9-4-6-10(7-5-9)18(19)20/h1-7,11H,8H2. The topological polar surface area (TPSA) is 43.1 Å². The molecule has 1 atom stereocenters. The quantitative estimate of drug-likeness (QED) is 0.465. The Hall–Kier alpha value is -1.82. The number of nitro groups is 1. The molecule has 0 aliphatic rings. The molecule has 0 aliphatic heterocycles. The molecule has 0 aromatic heterocycles. The molecule has 0 saturated carbocycles. The van der Waals surface area contributed by atoms with Gasteiger partial charge < -0.3 is 0 Å². The molecule has 20 heavy (non-hydrogen) atoms. The maximum absolute atomic E-state index is 13.6. The van der Waals surface area contributed by atoms with Crippen LogP contribution in [0.5, 0.6) is 0 Å². The van der Waals surface area contributed by atoms with Gasteiger partial charge in [-0.2, -0.15) is 0 Å². The number of rotatable bonds is 4. The van der Waals surface area contributed by atoms with E-state index in [4.69, 9.17) is 0 Å². The lowest BCUT2D eigenvalue weighted by Crippen LogP contribution is -2.02. The Labute approximate surface area is 122 Å². The number of benzene rings is 2. The third-order valence-electron chi connectivity index (χ3n) is 2.88. The molecular weight excluding hydrogens is 332 g/mol. The van der Waals surface area contributed by atoms with E-state index in [9.17, 15) is 18.9 Å². The fourth-order valence-electron chi connectivity index (χ4n) is 1.87. The van der Waals surface area contributed by atoms with Crippen LogP contribution in [-0.4, -0.2) is 4.92 Å². The molecule has 2 aromatic rings. The summed E-state index contributed by atoms with van der Waals surface area (Å²) in [6.07, 6.45) is 0.329. The minimum atomic E-state index is -0.617. The predicted octanol–water partition coefficient (Wildman–Crippen LogP) is 4.55. The van der Waals surface area contributed by atoms with Crippen molar-refractivity contribution in [3.8, 4) is 0 Å². The van der Waals surface area contributed by atoms with E-state index in [2.05, 4.69) is 15.9 Å². The monoisotopic (exact) mass is 341 g/mol. The van der Waals surface area contributed by atoms with Crippen LogP contribution in [0.25, 0.3) is 0 Å². The number of nitrogens with zero attached hydrogens (tertiary/aromatic N) is 1. The summed E-state index contributed by atoms with van der Waals surface area (Å²) in [5.41, 5.74) is 0.697. The maximum Gasteiger partial charge on any atom is 0.269 e. The zero-order valence-electron chi connectivity index (χ0n) is 10.2. The van der Waals surface area contributed by atoms with Gasteiger partial charge in [-0.1, -0.05) is 34.1 Å². The zero-order valence-corrected chi connectivity index (χ0v) is 11.8. The van der Waals surface area contributed by atoms with Gasteiger partial charge in [-0.05, 0) is 24.1 Å². The minimum Gasteiger partial charge on any atom is -0.258 e. The Morgan fingerprint density at radius 3 is 2.15 bits per heavy atom. The third-order valence-corrected chi connectivity index (χ3v) is 3.66. The summed E-state index contributed by atoms with van der Waals surface area (Å²) >= 11 is 3.26. The molecule has 0 bridgehead atoms. The maximum atomic E-state index is 13.6. The van der Waals surface area contributed by atoms with Crippen molar-refractivity contribution in [3.63, 3.8) is 0 Å². The van der Waals surface area contributed by atoms with E-state index in [1.54, 1.807) is 12.1 Å². The molecule has 0 radical (unpaired) electrons. The smallest absolute Gasteiger partial charge is 0.258 e. The van der Waals surface area contributed by atoms with Gasteiger partial charge in [0.15, 0.2) is 0 Å². The lowest BCUT2D eigenvalue weighted by Gasteiger charge is -2.12. The third kappa shape index (κ3) is 3.19. The number of halogens is 3. The normalized spacial score (nSPS) is 12.2. The molecule has 3 nitrogen and oxygen atoms in total. The lowest BCUT2D eigenvalue weighted by atomic mass is 10.0. The van der Waals surface area contributed by atoms with Gasteiger partial charge >= 0.3 is 0 Å². The fourth-order valence-corrected chi connectivity index (χ4v) is 2.68. The summed E-state index contributed by atoms with van der Waals surface area (Å²) in [7, 11) is 0. The summed E-state index contributed by atoms with van der Waals surface area (Å²) in [6.45, 7) is 0. The van der Waals surface area contributed by atoms with Crippen molar-refractivity contribution in [2.75, 3.05) is 0 Å². The molecule has 1 unspecified atom stereocenters. The summed E-state index contributed by atoms with van der Waals surface area (Å²) in [5.74, 6) is -1.23. The highest BCUT2D eigenvalue weighted by Gasteiger charge is 2.18. The SMILES string of the molecule is O=[N+]([O-])c1ccc(CC(Br)c2c(F)cccc2F)cc1. The van der Waals surface area contributed by atoms with Crippen LogP contribution >= 0.6 is 15.9 Å². The van der Waals surface area contributed by atoms with E-state index < -0.39 is 21.4 Å². The summed E-state index contributed by atoms with van der Waals surface area (Å²) in [4.78, 5) is 9.51. The first-order chi connectivity index (χ1) is 9.49. The fraction of sp³-hybridized carbons (Fsp3) is 0.143. The van der Waals surface area contributed by atoms with Crippen LogP contribution in [0, 0.1) is 21.7 Å². The number of alkyl halides is 1. The van der Waals surface area contributed by atoms with Crippen LogP contribution in [0.3, 0.4) is 0 Å². The lowest BCUT2D eigenvalue weighted by molar-refractivity contribution is -0.384. The number of hydrogen-bond acceptors (Lipinski definition) is 2. The molecule has 2 rings (SSSR count). The van der Waals surface area contributed by atoms with Crippen molar-refractivity contribution < 1.29 is 13.7 Å². The molecule has 0 aliphatic carbocycles. The summed E-state index contributed by atoms with van der Waals surface area (Å²) in [5, 5.41) is 10.5. The first-order valence-electron chi connectivity index (χ1n) is 5.80. The van der Waals surface area contributed by atoms with Crippen LogP contribution in [0.4, 0.5) is 14.5 Å². The second kappa shape index (κ2) is 6.09. The molecule has 0 fully saturated rings. The second-order valence-corrected chi connectivity index (χ2v) is 5.34. The highest BCUT2D eigenvalue weighted by atomic mass is 79.9. The van der Waals surface area contributed by atoms with Crippen molar-refractivity contribution in [1.82, 2.24) is 0 Å². The van der Waals surface area contributed by atoms with E-state index in [1.807, 2.05) is 0 Å². The van der Waals surface area contributed by atoms with E-state index in [0.29, 0.717) is 6.42 Å². The average Bonchev–Trinajstić information content (AvgIpc) is 2.39. The van der Waals surface area contributed by atoms with Crippen molar-refractivity contribution in [1.29, 1.82) is 0 Å². The molecular formula is C14H10BrF2NO2. The van der Waals surface area contributed by atoms with Crippen LogP contribution in [-0.2, 0) is 6.42 Å². The molecule has 0 N–H and O–H groups in total. The van der Waals surface area contributed by atoms with E-state index in [1.165, 1.54) is 30.3 Å². The first kappa shape index (κ1) is 14.6. The van der Waals surface area contributed by atoms with Crippen molar-refractivity contribution in [2.24, 2.45) is 0 Å². The Balaban J connectivity index is 2.19. The van der Waals surface area contributed by atoms with Crippen LogP contribution in [0.15, 0.2) is 42.5 Å². The van der Waals surface area contributed by atoms with Gasteiger partial charge in [0.05, 0.1) is 4.92 Å². The Morgan fingerprint density at radius 1 is 1.10 bits per heavy atom. The van der Waals surface area contributed by atoms with E-state index >= 15 is 0 Å². The van der Waals surface area contributed by atoms with Gasteiger partial charge in [0.2, 0.25) is 0 Å². The minimum absolute atomic E-state index is 0.0167. The van der Waals surface area contributed by atoms with E-state index in [-0.39, 0.29) is 11.3 Å². The predicted molar refractivity (Wildman–Crippen MR) is 74.8 cm³/mol. The summed E-state index contributed by atoms with van der Waals surface area (Å²) in [6, 6.07) is 9.58. The highest BCUT2D eigenvalue weighted by Crippen LogP contribution is 2.31.